The molecule has 0 radical (unpaired) electrons. The Hall–Kier alpha value is -1.35. The average molecular weight is 309 g/mol. The molecular weight excluding hydrogens is 284 g/mol. The highest BCUT2D eigenvalue weighted by molar-refractivity contribution is 6.30. The number of hydrogen-bond donors (Lipinski definition) is 1. The molecule has 4 heteroatoms. The molecule has 0 saturated heterocycles. The Morgan fingerprint density at radius 3 is 2.38 bits per heavy atom. The number of halogens is 1. The van der Waals surface area contributed by atoms with Crippen molar-refractivity contribution in [1.29, 1.82) is 0 Å². The van der Waals surface area contributed by atoms with Crippen molar-refractivity contribution in [3.8, 4) is 0 Å². The molecule has 1 N–H and O–H groups in total. The van der Waals surface area contributed by atoms with Crippen LogP contribution in [0.1, 0.15) is 63.9 Å². The molecular formula is C17H25ClN2O. The number of carbonyl (C=O) groups excluding carboxylic acids is 1. The second kappa shape index (κ2) is 11.3. The summed E-state index contributed by atoms with van der Waals surface area (Å²) in [6.45, 7) is 2.22. The lowest BCUT2D eigenvalue weighted by molar-refractivity contribution is -0.121. The van der Waals surface area contributed by atoms with Gasteiger partial charge in [0, 0.05) is 11.4 Å². The smallest absolute Gasteiger partial charge is 0.240 e. The topological polar surface area (TPSA) is 41.5 Å². The van der Waals surface area contributed by atoms with Gasteiger partial charge in [-0.1, -0.05) is 69.2 Å². The zero-order valence-corrected chi connectivity index (χ0v) is 13.5. The molecule has 0 fully saturated rings. The molecule has 1 aromatic carbocycles. The summed E-state index contributed by atoms with van der Waals surface area (Å²) in [6.07, 6.45) is 10.6. The van der Waals surface area contributed by atoms with Crippen LogP contribution in [0, 0.1) is 0 Å². The molecule has 0 aliphatic heterocycles. The Kier molecular flexibility index (Phi) is 9.55. The summed E-state index contributed by atoms with van der Waals surface area (Å²) in [6, 6.07) is 7.30. The minimum Gasteiger partial charge on any atom is -0.273 e. The van der Waals surface area contributed by atoms with E-state index in [-0.39, 0.29) is 5.91 Å². The van der Waals surface area contributed by atoms with E-state index in [1.165, 1.54) is 32.1 Å². The lowest BCUT2D eigenvalue weighted by atomic mass is 10.1. The number of benzene rings is 1. The van der Waals surface area contributed by atoms with Crippen LogP contribution in [0.5, 0.6) is 0 Å². The number of carbonyl (C=O) groups is 1. The highest BCUT2D eigenvalue weighted by atomic mass is 35.5. The number of amides is 1. The maximum atomic E-state index is 11.6. The maximum Gasteiger partial charge on any atom is 0.240 e. The Labute approximate surface area is 132 Å². The number of rotatable bonds is 10. The van der Waals surface area contributed by atoms with Crippen LogP contribution < -0.4 is 5.43 Å². The Balaban J connectivity index is 2.07. The van der Waals surface area contributed by atoms with Crippen molar-refractivity contribution >= 4 is 23.7 Å². The van der Waals surface area contributed by atoms with Gasteiger partial charge in [0.15, 0.2) is 0 Å². The van der Waals surface area contributed by atoms with E-state index in [4.69, 9.17) is 11.6 Å². The highest BCUT2D eigenvalue weighted by Gasteiger charge is 1.99. The van der Waals surface area contributed by atoms with Crippen LogP contribution in [0.2, 0.25) is 5.02 Å². The summed E-state index contributed by atoms with van der Waals surface area (Å²) in [5.41, 5.74) is 3.47. The molecule has 0 heterocycles. The van der Waals surface area contributed by atoms with Crippen molar-refractivity contribution in [2.45, 2.75) is 58.3 Å². The van der Waals surface area contributed by atoms with Gasteiger partial charge < -0.3 is 0 Å². The standard InChI is InChI=1S/C17H25ClN2O/c1-2-3-4-5-6-7-8-9-17(21)20-19-14-15-10-12-16(18)13-11-15/h10-14H,2-9H2,1H3,(H,20,21)/b19-14+. The van der Waals surface area contributed by atoms with Crippen molar-refractivity contribution < 1.29 is 4.79 Å². The number of nitrogens with zero attached hydrogens (tertiary/aromatic N) is 1. The van der Waals surface area contributed by atoms with Crippen molar-refractivity contribution in [2.75, 3.05) is 0 Å². The first kappa shape index (κ1) is 17.7. The van der Waals surface area contributed by atoms with E-state index in [0.29, 0.717) is 11.4 Å². The van der Waals surface area contributed by atoms with Gasteiger partial charge in [-0.2, -0.15) is 5.10 Å². The number of nitrogens with one attached hydrogen (secondary N) is 1. The molecule has 0 saturated carbocycles. The first-order chi connectivity index (χ1) is 10.2. The predicted molar refractivity (Wildman–Crippen MR) is 89.8 cm³/mol. The number of hydrogen-bond acceptors (Lipinski definition) is 2. The van der Waals surface area contributed by atoms with Gasteiger partial charge in [-0.25, -0.2) is 5.43 Å². The summed E-state index contributed by atoms with van der Waals surface area (Å²) in [7, 11) is 0. The zero-order valence-electron chi connectivity index (χ0n) is 12.8. The molecule has 0 bridgehead atoms. The summed E-state index contributed by atoms with van der Waals surface area (Å²) in [5.74, 6) is -0.0197. The monoisotopic (exact) mass is 308 g/mol. The van der Waals surface area contributed by atoms with E-state index in [2.05, 4.69) is 17.5 Å². The second-order valence-electron chi connectivity index (χ2n) is 5.22. The van der Waals surface area contributed by atoms with Crippen molar-refractivity contribution in [3.05, 3.63) is 34.9 Å². The van der Waals surface area contributed by atoms with E-state index in [1.807, 2.05) is 12.1 Å². The van der Waals surface area contributed by atoms with Gasteiger partial charge in [0.2, 0.25) is 5.91 Å². The van der Waals surface area contributed by atoms with Crippen LogP contribution in [-0.2, 0) is 4.79 Å². The highest BCUT2D eigenvalue weighted by Crippen LogP contribution is 2.09. The fourth-order valence-corrected chi connectivity index (χ4v) is 2.15. The average Bonchev–Trinajstić information content (AvgIpc) is 2.48. The number of unbranched alkanes of at least 4 members (excludes halogenated alkanes) is 6. The third-order valence-corrected chi connectivity index (χ3v) is 3.53. The molecule has 1 rings (SSSR count). The molecule has 1 amide bonds. The quantitative estimate of drug-likeness (QED) is 0.371. The molecule has 116 valence electrons. The normalized spacial score (nSPS) is 11.0. The van der Waals surface area contributed by atoms with Crippen LogP contribution in [0.3, 0.4) is 0 Å². The maximum absolute atomic E-state index is 11.6. The van der Waals surface area contributed by atoms with Gasteiger partial charge in [-0.05, 0) is 24.1 Å². The van der Waals surface area contributed by atoms with E-state index in [9.17, 15) is 4.79 Å². The van der Waals surface area contributed by atoms with Gasteiger partial charge in [-0.15, -0.1) is 0 Å². The first-order valence-corrected chi connectivity index (χ1v) is 8.17. The van der Waals surface area contributed by atoms with Crippen LogP contribution in [0.25, 0.3) is 0 Å². The second-order valence-corrected chi connectivity index (χ2v) is 5.65. The van der Waals surface area contributed by atoms with E-state index < -0.39 is 0 Å². The minimum absolute atomic E-state index is 0.0197. The largest absolute Gasteiger partial charge is 0.273 e. The predicted octanol–water partition coefficient (Wildman–Crippen LogP) is 4.93. The summed E-state index contributed by atoms with van der Waals surface area (Å²) in [5, 5.41) is 4.63. The Morgan fingerprint density at radius 2 is 1.71 bits per heavy atom. The zero-order chi connectivity index (χ0) is 15.3. The van der Waals surface area contributed by atoms with Gasteiger partial charge in [0.1, 0.15) is 0 Å². The molecule has 3 nitrogen and oxygen atoms in total. The van der Waals surface area contributed by atoms with E-state index >= 15 is 0 Å². The van der Waals surface area contributed by atoms with Crippen molar-refractivity contribution in [2.24, 2.45) is 5.10 Å². The summed E-state index contributed by atoms with van der Waals surface area (Å²) in [4.78, 5) is 11.6. The Bertz CT molecular complexity index is 429. The van der Waals surface area contributed by atoms with Crippen LogP contribution in [0.15, 0.2) is 29.4 Å². The summed E-state index contributed by atoms with van der Waals surface area (Å²) >= 11 is 5.79. The number of hydrazone groups is 1. The van der Waals surface area contributed by atoms with E-state index in [1.54, 1.807) is 18.3 Å². The molecule has 21 heavy (non-hydrogen) atoms. The molecule has 1 aromatic rings. The van der Waals surface area contributed by atoms with Gasteiger partial charge in [-0.3, -0.25) is 4.79 Å². The van der Waals surface area contributed by atoms with Gasteiger partial charge in [0.05, 0.1) is 6.21 Å². The third-order valence-electron chi connectivity index (χ3n) is 3.28. The molecule has 0 atom stereocenters. The third kappa shape index (κ3) is 9.24. The SMILES string of the molecule is CCCCCCCCCC(=O)N/N=C/c1ccc(Cl)cc1. The fourth-order valence-electron chi connectivity index (χ4n) is 2.03. The van der Waals surface area contributed by atoms with Gasteiger partial charge in [0.25, 0.3) is 0 Å². The molecule has 0 unspecified atom stereocenters. The van der Waals surface area contributed by atoms with Crippen molar-refractivity contribution in [1.82, 2.24) is 5.43 Å². The summed E-state index contributed by atoms with van der Waals surface area (Å²) < 4.78 is 0. The van der Waals surface area contributed by atoms with Crippen LogP contribution in [-0.4, -0.2) is 12.1 Å². The first-order valence-electron chi connectivity index (χ1n) is 7.80. The minimum atomic E-state index is -0.0197. The van der Waals surface area contributed by atoms with Crippen LogP contribution >= 0.6 is 11.6 Å². The lowest BCUT2D eigenvalue weighted by Gasteiger charge is -2.01. The molecule has 0 aromatic heterocycles. The molecule has 0 aliphatic carbocycles. The fraction of sp³-hybridized carbons (Fsp3) is 0.529. The Morgan fingerprint density at radius 1 is 1.10 bits per heavy atom. The van der Waals surface area contributed by atoms with Crippen LogP contribution in [0.4, 0.5) is 0 Å². The van der Waals surface area contributed by atoms with Crippen molar-refractivity contribution in [3.63, 3.8) is 0 Å². The molecule has 0 aliphatic rings. The van der Waals surface area contributed by atoms with Gasteiger partial charge >= 0.3 is 0 Å². The van der Waals surface area contributed by atoms with E-state index in [0.717, 1.165) is 18.4 Å². The lowest BCUT2D eigenvalue weighted by Crippen LogP contribution is -2.16. The molecule has 0 spiro atoms.